The van der Waals surface area contributed by atoms with E-state index in [1.165, 1.54) is 12.1 Å². The Bertz CT molecular complexity index is 848. The predicted molar refractivity (Wildman–Crippen MR) is 95.3 cm³/mol. The number of nitrogens with zero attached hydrogens (tertiary/aromatic N) is 1. The minimum Gasteiger partial charge on any atom is -0.337 e. The SMILES string of the molecule is O=C(NC(c1ccc(F)cc1)C(F)(F)F)c1ccc(N2CCCCC2=O)cc1. The van der Waals surface area contributed by atoms with E-state index in [1.54, 1.807) is 17.0 Å². The van der Waals surface area contributed by atoms with E-state index in [0.29, 0.717) is 18.7 Å². The van der Waals surface area contributed by atoms with Crippen LogP contribution in [0.2, 0.25) is 0 Å². The molecule has 0 radical (unpaired) electrons. The molecule has 1 heterocycles. The van der Waals surface area contributed by atoms with E-state index in [4.69, 9.17) is 0 Å². The zero-order valence-electron chi connectivity index (χ0n) is 14.8. The Balaban J connectivity index is 1.76. The van der Waals surface area contributed by atoms with E-state index in [9.17, 15) is 27.2 Å². The highest BCUT2D eigenvalue weighted by atomic mass is 19.4. The second-order valence-electron chi connectivity index (χ2n) is 6.55. The van der Waals surface area contributed by atoms with Crippen molar-refractivity contribution in [3.05, 3.63) is 65.5 Å². The number of hydrogen-bond acceptors (Lipinski definition) is 2. The molecule has 0 aromatic heterocycles. The summed E-state index contributed by atoms with van der Waals surface area (Å²) >= 11 is 0. The number of benzene rings is 2. The van der Waals surface area contributed by atoms with E-state index >= 15 is 0 Å². The maximum Gasteiger partial charge on any atom is 0.412 e. The molecule has 1 unspecified atom stereocenters. The normalized spacial score (nSPS) is 16.0. The van der Waals surface area contributed by atoms with Crippen LogP contribution in [-0.2, 0) is 4.79 Å². The smallest absolute Gasteiger partial charge is 0.337 e. The lowest BCUT2D eigenvalue weighted by Crippen LogP contribution is -2.38. The van der Waals surface area contributed by atoms with Gasteiger partial charge in [0, 0.05) is 24.2 Å². The number of hydrogen-bond donors (Lipinski definition) is 1. The van der Waals surface area contributed by atoms with E-state index in [-0.39, 0.29) is 17.0 Å². The minimum absolute atomic E-state index is 0.0168. The predicted octanol–water partition coefficient (Wildman–Crippen LogP) is 4.38. The molecule has 2 amide bonds. The van der Waals surface area contributed by atoms with Gasteiger partial charge in [-0.1, -0.05) is 12.1 Å². The highest BCUT2D eigenvalue weighted by Crippen LogP contribution is 2.33. The van der Waals surface area contributed by atoms with Crippen molar-refractivity contribution in [2.45, 2.75) is 31.5 Å². The number of carbonyl (C=O) groups is 2. The fraction of sp³-hybridized carbons (Fsp3) is 0.300. The molecule has 0 saturated carbocycles. The summed E-state index contributed by atoms with van der Waals surface area (Å²) in [6, 6.07) is 7.36. The second kappa shape index (κ2) is 8.00. The molecule has 2 aromatic carbocycles. The number of alkyl halides is 3. The second-order valence-corrected chi connectivity index (χ2v) is 6.55. The van der Waals surface area contributed by atoms with E-state index < -0.39 is 23.9 Å². The molecule has 1 aliphatic rings. The van der Waals surface area contributed by atoms with Crippen molar-refractivity contribution in [2.24, 2.45) is 0 Å². The summed E-state index contributed by atoms with van der Waals surface area (Å²) in [5.41, 5.74) is 0.370. The fourth-order valence-corrected chi connectivity index (χ4v) is 3.10. The summed E-state index contributed by atoms with van der Waals surface area (Å²) < 4.78 is 53.1. The van der Waals surface area contributed by atoms with Crippen molar-refractivity contribution in [2.75, 3.05) is 11.4 Å². The zero-order chi connectivity index (χ0) is 20.3. The van der Waals surface area contributed by atoms with Crippen LogP contribution in [0.1, 0.15) is 41.2 Å². The van der Waals surface area contributed by atoms with Crippen molar-refractivity contribution in [1.82, 2.24) is 5.32 Å². The molecule has 1 saturated heterocycles. The molecule has 2 aromatic rings. The van der Waals surface area contributed by atoms with Gasteiger partial charge < -0.3 is 10.2 Å². The minimum atomic E-state index is -4.74. The average Bonchev–Trinajstić information content (AvgIpc) is 2.66. The number of rotatable bonds is 4. The van der Waals surface area contributed by atoms with Crippen LogP contribution in [0.5, 0.6) is 0 Å². The Hall–Kier alpha value is -2.90. The third kappa shape index (κ3) is 4.49. The topological polar surface area (TPSA) is 49.4 Å². The van der Waals surface area contributed by atoms with Gasteiger partial charge in [-0.05, 0) is 54.8 Å². The molecule has 1 N–H and O–H groups in total. The van der Waals surface area contributed by atoms with E-state index in [1.807, 2.05) is 5.32 Å². The van der Waals surface area contributed by atoms with Gasteiger partial charge in [-0.2, -0.15) is 13.2 Å². The van der Waals surface area contributed by atoms with E-state index in [2.05, 4.69) is 0 Å². The van der Waals surface area contributed by atoms with Gasteiger partial charge in [-0.3, -0.25) is 9.59 Å². The number of carbonyl (C=O) groups excluding carboxylic acids is 2. The first-order valence-corrected chi connectivity index (χ1v) is 8.79. The maximum atomic E-state index is 13.4. The van der Waals surface area contributed by atoms with Crippen molar-refractivity contribution >= 4 is 17.5 Å². The first-order chi connectivity index (χ1) is 13.3. The van der Waals surface area contributed by atoms with Crippen molar-refractivity contribution in [1.29, 1.82) is 0 Å². The molecular weight excluding hydrogens is 376 g/mol. The van der Waals surface area contributed by atoms with Crippen LogP contribution in [0.3, 0.4) is 0 Å². The molecule has 1 fully saturated rings. The third-order valence-corrected chi connectivity index (χ3v) is 4.57. The van der Waals surface area contributed by atoms with Crippen LogP contribution < -0.4 is 10.2 Å². The first kappa shape index (κ1) is 19.9. The van der Waals surface area contributed by atoms with Crippen LogP contribution in [0, 0.1) is 5.82 Å². The Morgan fingerprint density at radius 2 is 1.64 bits per heavy atom. The molecule has 8 heteroatoms. The Morgan fingerprint density at radius 1 is 1.00 bits per heavy atom. The number of piperidine rings is 1. The third-order valence-electron chi connectivity index (χ3n) is 4.57. The number of anilines is 1. The van der Waals surface area contributed by atoms with Gasteiger partial charge in [-0.15, -0.1) is 0 Å². The molecule has 0 bridgehead atoms. The Labute approximate surface area is 159 Å². The number of nitrogens with one attached hydrogen (secondary N) is 1. The maximum absolute atomic E-state index is 13.4. The van der Waals surface area contributed by atoms with Crippen molar-refractivity contribution < 1.29 is 27.2 Å². The van der Waals surface area contributed by atoms with Gasteiger partial charge in [0.05, 0.1) is 0 Å². The Morgan fingerprint density at radius 3 is 2.21 bits per heavy atom. The monoisotopic (exact) mass is 394 g/mol. The molecule has 1 aliphatic heterocycles. The van der Waals surface area contributed by atoms with Gasteiger partial charge in [0.2, 0.25) is 5.91 Å². The lowest BCUT2D eigenvalue weighted by Gasteiger charge is -2.27. The van der Waals surface area contributed by atoms with Gasteiger partial charge >= 0.3 is 6.18 Å². The first-order valence-electron chi connectivity index (χ1n) is 8.79. The Kier molecular flexibility index (Phi) is 5.67. The quantitative estimate of drug-likeness (QED) is 0.783. The summed E-state index contributed by atoms with van der Waals surface area (Å²) in [6.45, 7) is 0.574. The summed E-state index contributed by atoms with van der Waals surface area (Å²) in [7, 11) is 0. The molecular formula is C20H18F4N2O2. The van der Waals surface area contributed by atoms with Crippen LogP contribution in [-0.4, -0.2) is 24.5 Å². The van der Waals surface area contributed by atoms with Gasteiger partial charge in [-0.25, -0.2) is 4.39 Å². The molecule has 4 nitrogen and oxygen atoms in total. The van der Waals surface area contributed by atoms with Gasteiger partial charge in [0.25, 0.3) is 5.91 Å². The summed E-state index contributed by atoms with van der Waals surface area (Å²) in [6.07, 6.45) is -2.59. The number of amides is 2. The zero-order valence-corrected chi connectivity index (χ0v) is 14.8. The molecule has 28 heavy (non-hydrogen) atoms. The van der Waals surface area contributed by atoms with Crippen LogP contribution in [0.25, 0.3) is 0 Å². The van der Waals surface area contributed by atoms with Gasteiger partial charge in [0.15, 0.2) is 6.04 Å². The van der Waals surface area contributed by atoms with E-state index in [0.717, 1.165) is 37.1 Å². The lowest BCUT2D eigenvalue weighted by atomic mass is 10.1. The molecule has 148 valence electrons. The highest BCUT2D eigenvalue weighted by Gasteiger charge is 2.42. The van der Waals surface area contributed by atoms with Crippen LogP contribution in [0.4, 0.5) is 23.2 Å². The van der Waals surface area contributed by atoms with Gasteiger partial charge in [0.1, 0.15) is 5.82 Å². The van der Waals surface area contributed by atoms with Crippen LogP contribution >= 0.6 is 0 Å². The molecule has 0 aliphatic carbocycles. The molecule has 3 rings (SSSR count). The highest BCUT2D eigenvalue weighted by molar-refractivity contribution is 5.97. The summed E-state index contributed by atoms with van der Waals surface area (Å²) in [4.78, 5) is 25.9. The van der Waals surface area contributed by atoms with Crippen LogP contribution in [0.15, 0.2) is 48.5 Å². The summed E-state index contributed by atoms with van der Waals surface area (Å²) in [5, 5.41) is 1.95. The van der Waals surface area contributed by atoms with Crippen molar-refractivity contribution in [3.8, 4) is 0 Å². The average molecular weight is 394 g/mol. The molecule has 0 spiro atoms. The lowest BCUT2D eigenvalue weighted by molar-refractivity contribution is -0.155. The standard InChI is InChI=1S/C20H18F4N2O2/c21-15-8-4-13(5-9-15)18(20(22,23)24)25-19(28)14-6-10-16(11-7-14)26-12-2-1-3-17(26)27/h4-11,18H,1-3,12H2,(H,25,28). The largest absolute Gasteiger partial charge is 0.412 e. The number of halogens is 4. The fourth-order valence-electron chi connectivity index (χ4n) is 3.10. The van der Waals surface area contributed by atoms with Crippen molar-refractivity contribution in [3.63, 3.8) is 0 Å². The molecule has 1 atom stereocenters. The summed E-state index contributed by atoms with van der Waals surface area (Å²) in [5.74, 6) is -1.60.